The molecule has 0 bridgehead atoms. The number of hydrogen-bond donors (Lipinski definition) is 2. The molecule has 236 valence electrons. The molecule has 0 unspecified atom stereocenters. The van der Waals surface area contributed by atoms with Crippen molar-refractivity contribution in [3.63, 3.8) is 0 Å². The number of aromatic nitrogens is 1. The van der Waals surface area contributed by atoms with E-state index in [1.807, 2.05) is 0 Å². The van der Waals surface area contributed by atoms with Gasteiger partial charge in [0.15, 0.2) is 10.0 Å². The molecule has 2 saturated carbocycles. The summed E-state index contributed by atoms with van der Waals surface area (Å²) in [6.45, 7) is 0. The Balaban J connectivity index is 1.34. The number of methoxy groups -OCH3 is 1. The van der Waals surface area contributed by atoms with Crippen molar-refractivity contribution in [3.05, 3.63) is 33.9 Å². The van der Waals surface area contributed by atoms with Crippen LogP contribution in [0.3, 0.4) is 0 Å². The van der Waals surface area contributed by atoms with E-state index in [-0.39, 0.29) is 22.4 Å². The Morgan fingerprint density at radius 2 is 1.47 bits per heavy atom. The summed E-state index contributed by atoms with van der Waals surface area (Å²) >= 11 is 1.15. The first-order valence-corrected chi connectivity index (χ1v) is 18.2. The summed E-state index contributed by atoms with van der Waals surface area (Å²) < 4.78 is 47.5. The van der Waals surface area contributed by atoms with E-state index in [1.165, 1.54) is 109 Å². The van der Waals surface area contributed by atoms with Crippen molar-refractivity contribution in [2.75, 3.05) is 11.8 Å². The van der Waals surface area contributed by atoms with Gasteiger partial charge in [0, 0.05) is 17.4 Å². The fraction of sp³-hybridized carbons (Fsp3) is 0.636. The number of halogens is 1. The largest absolute Gasteiger partial charge is 0.495 e. The fourth-order valence-electron chi connectivity index (χ4n) is 6.58. The van der Waals surface area contributed by atoms with Gasteiger partial charge in [-0.25, -0.2) is 14.2 Å². The van der Waals surface area contributed by atoms with Crippen LogP contribution >= 0.6 is 11.3 Å². The highest BCUT2D eigenvalue weighted by Crippen LogP contribution is 2.35. The summed E-state index contributed by atoms with van der Waals surface area (Å²) in [5.74, 6) is 5.85. The summed E-state index contributed by atoms with van der Waals surface area (Å²) in [5.41, 5.74) is -0.832. The van der Waals surface area contributed by atoms with Crippen LogP contribution in [0.2, 0.25) is 0 Å². The average Bonchev–Trinajstić information content (AvgIpc) is 3.48. The van der Waals surface area contributed by atoms with Gasteiger partial charge < -0.3 is 9.84 Å². The number of thiazole rings is 1. The summed E-state index contributed by atoms with van der Waals surface area (Å²) in [5, 5.41) is 10.7. The molecule has 7 nitrogen and oxygen atoms in total. The van der Waals surface area contributed by atoms with Gasteiger partial charge in [-0.3, -0.25) is 4.72 Å². The molecule has 0 saturated heterocycles. The molecule has 0 spiro atoms. The molecule has 0 amide bonds. The van der Waals surface area contributed by atoms with Gasteiger partial charge in [-0.2, -0.15) is 8.42 Å². The van der Waals surface area contributed by atoms with Gasteiger partial charge in [-0.15, -0.1) is 11.3 Å². The maximum Gasteiger partial charge on any atom is 0.338 e. The van der Waals surface area contributed by atoms with Crippen molar-refractivity contribution in [1.82, 2.24) is 4.98 Å². The Hall–Kier alpha value is -2.64. The number of carboxylic acids is 1. The molecule has 2 fully saturated rings. The van der Waals surface area contributed by atoms with E-state index < -0.39 is 27.4 Å². The molecule has 0 atom stereocenters. The van der Waals surface area contributed by atoms with E-state index in [0.29, 0.717) is 5.01 Å². The van der Waals surface area contributed by atoms with Crippen LogP contribution in [0.15, 0.2) is 22.5 Å². The normalized spacial score (nSPS) is 21.6. The third-order valence-electron chi connectivity index (χ3n) is 8.98. The van der Waals surface area contributed by atoms with Crippen molar-refractivity contribution < 1.29 is 27.4 Å². The Morgan fingerprint density at radius 1 is 0.930 bits per heavy atom. The molecule has 2 N–H and O–H groups in total. The van der Waals surface area contributed by atoms with Crippen LogP contribution in [-0.2, 0) is 10.0 Å². The quantitative estimate of drug-likeness (QED) is 0.309. The second-order valence-electron chi connectivity index (χ2n) is 12.0. The highest BCUT2D eigenvalue weighted by molar-refractivity contribution is 7.92. The van der Waals surface area contributed by atoms with Crippen LogP contribution in [0.25, 0.3) is 0 Å². The van der Waals surface area contributed by atoms with E-state index in [2.05, 4.69) is 21.5 Å². The minimum absolute atomic E-state index is 0.115. The second-order valence-corrected chi connectivity index (χ2v) is 14.5. The van der Waals surface area contributed by atoms with Crippen LogP contribution in [0.1, 0.15) is 125 Å². The number of carbonyl (C=O) groups is 1. The van der Waals surface area contributed by atoms with Gasteiger partial charge in [0.2, 0.25) is 0 Å². The number of aromatic carboxylic acids is 1. The monoisotopic (exact) mass is 632 g/mol. The highest BCUT2D eigenvalue weighted by atomic mass is 32.2. The van der Waals surface area contributed by atoms with Gasteiger partial charge in [0.05, 0.1) is 18.4 Å². The van der Waals surface area contributed by atoms with E-state index in [1.54, 1.807) is 0 Å². The van der Waals surface area contributed by atoms with Gasteiger partial charge in [-0.1, -0.05) is 102 Å². The van der Waals surface area contributed by atoms with E-state index in [4.69, 9.17) is 9.84 Å². The molecule has 43 heavy (non-hydrogen) atoms. The lowest BCUT2D eigenvalue weighted by molar-refractivity contribution is 0.0691. The van der Waals surface area contributed by atoms with E-state index in [9.17, 15) is 17.6 Å². The Kier molecular flexibility index (Phi) is 12.7. The number of nitrogens with one attached hydrogen (secondary N) is 1. The molecule has 1 heterocycles. The van der Waals surface area contributed by atoms with Gasteiger partial charge in [0.25, 0.3) is 10.0 Å². The summed E-state index contributed by atoms with van der Waals surface area (Å²) in [6.07, 6.45) is 22.3. The molecule has 0 aliphatic heterocycles. The number of ether oxygens (including phenoxy) is 1. The Bertz CT molecular complexity index is 1360. The first kappa shape index (κ1) is 33.3. The zero-order valence-corrected chi connectivity index (χ0v) is 26.8. The lowest BCUT2D eigenvalue weighted by Gasteiger charge is -2.29. The molecule has 1 aromatic heterocycles. The number of carboxylic acid groups (broad SMARTS) is 1. The topological polar surface area (TPSA) is 106 Å². The molecule has 2 aliphatic rings. The first-order valence-electron chi connectivity index (χ1n) is 15.9. The standard InChI is InChI=1S/C33H45FN2O5S2/c1-41-30-21-27(33(37)38)28(34)22-29(30)36-43(39,40)32-23-42-31(35-32)20-19-24-13-9-11-17-26(18-12-10-14-24)25-15-7-5-3-2-4-6-8-16-25/h21-26,36H,2-18H2,1H3,(H,37,38). The molecule has 2 aliphatic carbocycles. The minimum atomic E-state index is -4.17. The summed E-state index contributed by atoms with van der Waals surface area (Å²) in [6, 6.07) is 1.72. The van der Waals surface area contributed by atoms with Crippen LogP contribution in [0.4, 0.5) is 10.1 Å². The third-order valence-corrected chi connectivity index (χ3v) is 11.1. The molecule has 10 heteroatoms. The van der Waals surface area contributed by atoms with Crippen LogP contribution < -0.4 is 9.46 Å². The predicted octanol–water partition coefficient (Wildman–Crippen LogP) is 8.65. The SMILES string of the molecule is COc1cc(C(=O)O)c(F)cc1NS(=O)(=O)c1csc(C#CC2CCCCC(C3CCCCCCCCC3)CCCC2)n1. The van der Waals surface area contributed by atoms with Gasteiger partial charge >= 0.3 is 5.97 Å². The molecular weight excluding hydrogens is 588 g/mol. The zero-order chi connectivity index (χ0) is 30.7. The van der Waals surface area contributed by atoms with Crippen molar-refractivity contribution in [3.8, 4) is 17.6 Å². The maximum atomic E-state index is 14.2. The van der Waals surface area contributed by atoms with Crippen LogP contribution in [-0.4, -0.2) is 31.6 Å². The Morgan fingerprint density at radius 3 is 2.02 bits per heavy atom. The molecule has 4 rings (SSSR count). The van der Waals surface area contributed by atoms with Crippen molar-refractivity contribution in [2.24, 2.45) is 17.8 Å². The molecule has 2 aromatic rings. The second kappa shape index (κ2) is 16.4. The lowest BCUT2D eigenvalue weighted by Crippen LogP contribution is -2.17. The maximum absolute atomic E-state index is 14.2. The van der Waals surface area contributed by atoms with E-state index >= 15 is 0 Å². The molecule has 0 radical (unpaired) electrons. The Labute approximate surface area is 260 Å². The van der Waals surface area contributed by atoms with Crippen LogP contribution in [0, 0.1) is 35.4 Å². The zero-order valence-electron chi connectivity index (χ0n) is 25.2. The summed E-state index contributed by atoms with van der Waals surface area (Å²) in [7, 11) is -2.93. The van der Waals surface area contributed by atoms with Gasteiger partial charge in [0.1, 0.15) is 11.6 Å². The van der Waals surface area contributed by atoms with Crippen molar-refractivity contribution in [1.29, 1.82) is 0 Å². The van der Waals surface area contributed by atoms with Gasteiger partial charge in [-0.05, 0) is 36.7 Å². The number of benzene rings is 1. The van der Waals surface area contributed by atoms with Crippen LogP contribution in [0.5, 0.6) is 5.75 Å². The number of rotatable bonds is 6. The third kappa shape index (κ3) is 9.94. The number of anilines is 1. The highest BCUT2D eigenvalue weighted by Gasteiger charge is 2.24. The number of sulfonamides is 1. The number of hydrogen-bond acceptors (Lipinski definition) is 6. The lowest BCUT2D eigenvalue weighted by atomic mass is 9.76. The van der Waals surface area contributed by atoms with Crippen molar-refractivity contribution >= 4 is 33.0 Å². The molecule has 1 aromatic carbocycles. The van der Waals surface area contributed by atoms with E-state index in [0.717, 1.165) is 48.1 Å². The minimum Gasteiger partial charge on any atom is -0.495 e. The number of nitrogens with zero attached hydrogens (tertiary/aromatic N) is 1. The predicted molar refractivity (Wildman–Crippen MR) is 169 cm³/mol. The fourth-order valence-corrected chi connectivity index (χ4v) is 8.59. The first-order chi connectivity index (χ1) is 20.8. The summed E-state index contributed by atoms with van der Waals surface area (Å²) in [4.78, 5) is 15.4. The average molecular weight is 633 g/mol. The smallest absolute Gasteiger partial charge is 0.338 e. The molecular formula is C33H45FN2O5S2. The van der Waals surface area contributed by atoms with Crippen molar-refractivity contribution in [2.45, 2.75) is 114 Å².